The molecule has 17 heavy (non-hydrogen) atoms. The largest absolute Gasteiger partial charge is 0.762 e. The predicted molar refractivity (Wildman–Crippen MR) is 65.9 cm³/mol. The van der Waals surface area contributed by atoms with E-state index in [9.17, 15) is 12.9 Å². The monoisotopic (exact) mass is 247 g/mol. The molecule has 0 radical (unpaired) electrons. The maximum absolute atomic E-state index is 9.67. The van der Waals surface area contributed by atoms with Gasteiger partial charge in [-0.05, 0) is 58.0 Å². The molecule has 0 N–H and O–H groups in total. The minimum absolute atomic E-state index is 1.33. The summed E-state index contributed by atoms with van der Waals surface area (Å²) < 4.78 is 29.0. The summed E-state index contributed by atoms with van der Waals surface area (Å²) in [7, 11) is -3.67. The molecule has 5 heteroatoms. The van der Waals surface area contributed by atoms with Crippen LogP contribution < -0.4 is 0 Å². The molecule has 2 aliphatic rings. The molecule has 0 unspecified atom stereocenters. The third-order valence-electron chi connectivity index (χ3n) is 3.33. The van der Waals surface area contributed by atoms with Crippen molar-refractivity contribution in [2.45, 2.75) is 44.9 Å². The van der Waals surface area contributed by atoms with E-state index in [0.717, 1.165) is 0 Å². The van der Waals surface area contributed by atoms with Crippen LogP contribution in [0.25, 0.3) is 0 Å². The Kier molecular flexibility index (Phi) is 7.41. The van der Waals surface area contributed by atoms with Crippen LogP contribution in [-0.4, -0.2) is 32.1 Å². The SMILES string of the molecule is C1=C(CCN2CCCC2)CCCC1.FB(F)F. The van der Waals surface area contributed by atoms with Gasteiger partial charge in [0.25, 0.3) is 0 Å². The molecule has 0 aromatic rings. The Morgan fingerprint density at radius 2 is 1.71 bits per heavy atom. The fourth-order valence-corrected chi connectivity index (χ4v) is 2.44. The van der Waals surface area contributed by atoms with Gasteiger partial charge in [0.15, 0.2) is 0 Å². The van der Waals surface area contributed by atoms with Crippen LogP contribution in [0.1, 0.15) is 44.9 Å². The van der Waals surface area contributed by atoms with Crippen LogP contribution in [0.5, 0.6) is 0 Å². The average Bonchev–Trinajstić information content (AvgIpc) is 2.80. The Bertz CT molecular complexity index is 225. The lowest BCUT2D eigenvalue weighted by Gasteiger charge is -2.17. The second-order valence-electron chi connectivity index (χ2n) is 4.65. The van der Waals surface area contributed by atoms with Crippen molar-refractivity contribution in [3.63, 3.8) is 0 Å². The van der Waals surface area contributed by atoms with Crippen molar-refractivity contribution < 1.29 is 12.9 Å². The summed E-state index contributed by atoms with van der Waals surface area (Å²) >= 11 is 0. The number of allylic oxidation sites excluding steroid dienone is 1. The van der Waals surface area contributed by atoms with E-state index in [1.54, 1.807) is 5.57 Å². The van der Waals surface area contributed by atoms with Gasteiger partial charge >= 0.3 is 7.54 Å². The van der Waals surface area contributed by atoms with Gasteiger partial charge < -0.3 is 4.90 Å². The lowest BCUT2D eigenvalue weighted by molar-refractivity contribution is 0.340. The Morgan fingerprint density at radius 1 is 1.06 bits per heavy atom. The van der Waals surface area contributed by atoms with E-state index >= 15 is 0 Å². The summed E-state index contributed by atoms with van der Waals surface area (Å²) in [4.78, 5) is 2.62. The molecule has 1 aliphatic heterocycles. The Hall–Kier alpha value is -0.445. The Balaban J connectivity index is 0.000000317. The van der Waals surface area contributed by atoms with E-state index in [4.69, 9.17) is 0 Å². The molecule has 0 spiro atoms. The first kappa shape index (κ1) is 14.6. The zero-order valence-electron chi connectivity index (χ0n) is 10.3. The average molecular weight is 247 g/mol. The van der Waals surface area contributed by atoms with Gasteiger partial charge in [-0.15, -0.1) is 0 Å². The lowest BCUT2D eigenvalue weighted by atomic mass is 9.97. The lowest BCUT2D eigenvalue weighted by Crippen LogP contribution is -2.20. The van der Waals surface area contributed by atoms with Crippen LogP contribution in [0.15, 0.2) is 11.6 Å². The van der Waals surface area contributed by atoms with Crippen molar-refractivity contribution >= 4 is 7.54 Å². The number of rotatable bonds is 3. The summed E-state index contributed by atoms with van der Waals surface area (Å²) in [5.74, 6) is 0. The van der Waals surface area contributed by atoms with E-state index < -0.39 is 7.54 Å². The first-order chi connectivity index (χ1) is 8.18. The topological polar surface area (TPSA) is 3.24 Å². The highest BCUT2D eigenvalue weighted by Gasteiger charge is 2.12. The third-order valence-corrected chi connectivity index (χ3v) is 3.33. The molecule has 0 bridgehead atoms. The maximum Gasteiger partial charge on any atom is 0.762 e. The molecule has 0 aromatic heterocycles. The van der Waals surface area contributed by atoms with Crippen molar-refractivity contribution in [3.05, 3.63) is 11.6 Å². The molecule has 1 fully saturated rings. The Morgan fingerprint density at radius 3 is 2.24 bits per heavy atom. The summed E-state index contributed by atoms with van der Waals surface area (Å²) in [6.07, 6.45) is 12.3. The van der Waals surface area contributed by atoms with Gasteiger partial charge in [-0.25, -0.2) is 0 Å². The molecule has 1 nitrogen and oxygen atoms in total. The van der Waals surface area contributed by atoms with Gasteiger partial charge in [-0.1, -0.05) is 11.6 Å². The van der Waals surface area contributed by atoms with Crippen molar-refractivity contribution in [1.82, 2.24) is 4.90 Å². The normalized spacial score (nSPS) is 20.5. The summed E-state index contributed by atoms with van der Waals surface area (Å²) in [5, 5.41) is 0. The number of likely N-dealkylation sites (tertiary alicyclic amines) is 1. The maximum atomic E-state index is 9.67. The predicted octanol–water partition coefficient (Wildman–Crippen LogP) is 3.85. The van der Waals surface area contributed by atoms with Gasteiger partial charge in [0.2, 0.25) is 0 Å². The molecule has 1 heterocycles. The van der Waals surface area contributed by atoms with E-state index in [1.165, 1.54) is 64.6 Å². The molecule has 1 aliphatic carbocycles. The van der Waals surface area contributed by atoms with Crippen molar-refractivity contribution in [2.24, 2.45) is 0 Å². The summed E-state index contributed by atoms with van der Waals surface area (Å²) in [6, 6.07) is 0. The second kappa shape index (κ2) is 8.62. The highest BCUT2D eigenvalue weighted by atomic mass is 19.4. The zero-order valence-corrected chi connectivity index (χ0v) is 10.3. The van der Waals surface area contributed by atoms with Gasteiger partial charge in [0.1, 0.15) is 0 Å². The highest BCUT2D eigenvalue weighted by Crippen LogP contribution is 2.21. The number of hydrogen-bond donors (Lipinski definition) is 0. The van der Waals surface area contributed by atoms with Crippen molar-refractivity contribution in [3.8, 4) is 0 Å². The van der Waals surface area contributed by atoms with Crippen LogP contribution in [0.2, 0.25) is 0 Å². The highest BCUT2D eigenvalue weighted by molar-refractivity contribution is 6.33. The molecule has 2 rings (SSSR count). The molecule has 0 amide bonds. The van der Waals surface area contributed by atoms with E-state index in [0.29, 0.717) is 0 Å². The molecular formula is C12H21BF3N. The first-order valence-electron chi connectivity index (χ1n) is 6.51. The van der Waals surface area contributed by atoms with E-state index in [1.807, 2.05) is 0 Å². The molecule has 1 saturated heterocycles. The first-order valence-corrected chi connectivity index (χ1v) is 6.51. The van der Waals surface area contributed by atoms with Crippen LogP contribution in [0.4, 0.5) is 12.9 Å². The van der Waals surface area contributed by atoms with E-state index in [2.05, 4.69) is 11.0 Å². The van der Waals surface area contributed by atoms with Gasteiger partial charge in [0, 0.05) is 6.54 Å². The molecule has 98 valence electrons. The van der Waals surface area contributed by atoms with Crippen LogP contribution in [-0.2, 0) is 0 Å². The van der Waals surface area contributed by atoms with Crippen LogP contribution >= 0.6 is 0 Å². The van der Waals surface area contributed by atoms with Gasteiger partial charge in [-0.2, -0.15) is 0 Å². The van der Waals surface area contributed by atoms with Crippen molar-refractivity contribution in [2.75, 3.05) is 19.6 Å². The molecule has 0 atom stereocenters. The van der Waals surface area contributed by atoms with Crippen molar-refractivity contribution in [1.29, 1.82) is 0 Å². The quantitative estimate of drug-likeness (QED) is 0.540. The Labute approximate surface area is 102 Å². The third kappa shape index (κ3) is 7.47. The van der Waals surface area contributed by atoms with Crippen LogP contribution in [0, 0.1) is 0 Å². The number of nitrogens with zero attached hydrogens (tertiary/aromatic N) is 1. The minimum atomic E-state index is -3.67. The zero-order chi connectivity index (χ0) is 12.5. The number of halogens is 3. The second-order valence-corrected chi connectivity index (χ2v) is 4.65. The summed E-state index contributed by atoms with van der Waals surface area (Å²) in [5.41, 5.74) is 1.73. The summed E-state index contributed by atoms with van der Waals surface area (Å²) in [6.45, 7) is 4.03. The van der Waals surface area contributed by atoms with E-state index in [-0.39, 0.29) is 0 Å². The molecular weight excluding hydrogens is 226 g/mol. The fraction of sp³-hybridized carbons (Fsp3) is 0.833. The van der Waals surface area contributed by atoms with Crippen LogP contribution in [0.3, 0.4) is 0 Å². The molecule has 0 aromatic carbocycles. The molecule has 0 saturated carbocycles. The smallest absolute Gasteiger partial charge is 0.303 e. The standard InChI is InChI=1S/C12H21N.BF3/c1-2-6-12(7-3-1)8-11-13-9-4-5-10-13;2-1(3)4/h6H,1-5,7-11H2;. The number of hydrogen-bond acceptors (Lipinski definition) is 1. The fourth-order valence-electron chi connectivity index (χ4n) is 2.44. The minimum Gasteiger partial charge on any atom is -0.303 e. The van der Waals surface area contributed by atoms with Gasteiger partial charge in [0.05, 0.1) is 0 Å². The van der Waals surface area contributed by atoms with Gasteiger partial charge in [-0.3, -0.25) is 12.9 Å².